The van der Waals surface area contributed by atoms with Gasteiger partial charge >= 0.3 is 5.97 Å². The van der Waals surface area contributed by atoms with E-state index >= 15 is 0 Å². The van der Waals surface area contributed by atoms with E-state index in [0.717, 1.165) is 51.9 Å². The molecule has 0 radical (unpaired) electrons. The van der Waals surface area contributed by atoms with Crippen LogP contribution in [0.5, 0.6) is 0 Å². The summed E-state index contributed by atoms with van der Waals surface area (Å²) in [5.74, 6) is -6.13. The van der Waals surface area contributed by atoms with Gasteiger partial charge in [0.25, 0.3) is 5.79 Å². The highest BCUT2D eigenvalue weighted by Gasteiger charge is 2.60. The first-order chi connectivity index (χ1) is 53.4. The van der Waals surface area contributed by atoms with E-state index in [4.69, 9.17) is 28.4 Å². The maximum Gasteiger partial charge on any atom is 0.364 e. The number of unbranched alkanes of at least 4 members (excludes halogenated alkanes) is 50. The zero-order chi connectivity index (χ0) is 80.3. The molecule has 0 saturated carbocycles. The van der Waals surface area contributed by atoms with Gasteiger partial charge in [0, 0.05) is 19.8 Å². The largest absolute Gasteiger partial charge is 0.477 e. The number of aliphatic hydroxyl groups is 11. The zero-order valence-electron chi connectivity index (χ0n) is 68.9. The third kappa shape index (κ3) is 44.0. The molecule has 3 rings (SSSR count). The number of carboxylic acid groups (broad SMARTS) is 1. The average molecular weight is 1570 g/mol. The predicted octanol–water partition coefficient (Wildman–Crippen LogP) is 13.9. The summed E-state index contributed by atoms with van der Waals surface area (Å²) in [7, 11) is 0. The molecule has 3 aliphatic rings. The van der Waals surface area contributed by atoms with Crippen LogP contribution in [0.1, 0.15) is 374 Å². The molecule has 23 nitrogen and oxygen atoms in total. The lowest BCUT2D eigenvalue weighted by atomic mass is 9.88. The summed E-state index contributed by atoms with van der Waals surface area (Å²) < 4.78 is 35.0. The molecule has 0 aromatic rings. The SMILES string of the molecule is CCCCCCCCCCCCCC/C=C\CCCCCCCCCCCCCCCCCC(=O)NC(COC1OC(CO)C(OC2OC(CO)C(O)C(OC3(C(=O)O)CC(O)C(NC(C)=O)C(C(O)C(O)CO)O3)C2O)C(O)C1O)C(O)/C=C/CCCCCCCCCCCCCCCCCCCCCCCCC. The molecule has 23 heteroatoms. The molecule has 18 unspecified atom stereocenters. The fourth-order valence-electron chi connectivity index (χ4n) is 15.6. The average Bonchev–Trinajstić information content (AvgIpc) is 0.760. The van der Waals surface area contributed by atoms with Crippen molar-refractivity contribution < 1.29 is 104 Å². The number of nitrogens with one attached hydrogen (secondary N) is 2. The molecule has 3 heterocycles. The Hall–Kier alpha value is -2.79. The number of aliphatic hydroxyl groups excluding tert-OH is 11. The van der Waals surface area contributed by atoms with Crippen LogP contribution in [0.25, 0.3) is 0 Å². The van der Waals surface area contributed by atoms with E-state index in [0.29, 0.717) is 12.8 Å². The molecule has 646 valence electrons. The maximum absolute atomic E-state index is 13.6. The van der Waals surface area contributed by atoms with Crippen molar-refractivity contribution in [2.75, 3.05) is 26.4 Å². The Morgan fingerprint density at radius 2 is 0.855 bits per heavy atom. The van der Waals surface area contributed by atoms with E-state index in [-0.39, 0.29) is 12.3 Å². The summed E-state index contributed by atoms with van der Waals surface area (Å²) in [6, 6.07) is -2.62. The van der Waals surface area contributed by atoms with Gasteiger partial charge in [-0.05, 0) is 44.9 Å². The van der Waals surface area contributed by atoms with Crippen molar-refractivity contribution >= 4 is 17.8 Å². The number of carbonyl (C=O) groups excluding carboxylic acids is 2. The maximum atomic E-state index is 13.6. The first-order valence-corrected chi connectivity index (χ1v) is 44.7. The topological polar surface area (TPSA) is 373 Å². The number of amides is 2. The number of allylic oxidation sites excluding steroid dienone is 3. The quantitative estimate of drug-likeness (QED) is 0.0199. The van der Waals surface area contributed by atoms with Crippen LogP contribution in [0.4, 0.5) is 0 Å². The van der Waals surface area contributed by atoms with Gasteiger partial charge < -0.3 is 100 Å². The van der Waals surface area contributed by atoms with Crippen LogP contribution in [-0.4, -0.2) is 215 Å². The monoisotopic (exact) mass is 1570 g/mol. The predicted molar refractivity (Wildman–Crippen MR) is 431 cm³/mol. The van der Waals surface area contributed by atoms with Crippen molar-refractivity contribution in [3.63, 3.8) is 0 Å². The van der Waals surface area contributed by atoms with Gasteiger partial charge in [-0.3, -0.25) is 9.59 Å². The van der Waals surface area contributed by atoms with Crippen LogP contribution >= 0.6 is 0 Å². The number of aliphatic carboxylic acids is 1. The van der Waals surface area contributed by atoms with Gasteiger partial charge in [0.1, 0.15) is 67.1 Å². The van der Waals surface area contributed by atoms with Crippen LogP contribution in [0.3, 0.4) is 0 Å². The molecule has 0 aromatic heterocycles. The minimum atomic E-state index is -3.08. The molecular formula is C87H162N2O21. The molecule has 2 amide bonds. The lowest BCUT2D eigenvalue weighted by molar-refractivity contribution is -0.386. The number of ether oxygens (including phenoxy) is 6. The Morgan fingerprint density at radius 3 is 1.24 bits per heavy atom. The molecule has 14 N–H and O–H groups in total. The van der Waals surface area contributed by atoms with Crippen molar-refractivity contribution in [1.29, 1.82) is 0 Å². The van der Waals surface area contributed by atoms with E-state index in [2.05, 4.69) is 36.6 Å². The summed E-state index contributed by atoms with van der Waals surface area (Å²) in [5.41, 5.74) is 0. The van der Waals surface area contributed by atoms with Gasteiger partial charge in [-0.2, -0.15) is 0 Å². The summed E-state index contributed by atoms with van der Waals surface area (Å²) in [4.78, 5) is 38.8. The van der Waals surface area contributed by atoms with E-state index < -0.39 is 155 Å². The molecule has 0 aliphatic carbocycles. The summed E-state index contributed by atoms with van der Waals surface area (Å²) in [6.45, 7) is 2.21. The van der Waals surface area contributed by atoms with Gasteiger partial charge in [-0.1, -0.05) is 334 Å². The van der Waals surface area contributed by atoms with E-state index in [1.807, 2.05) is 6.08 Å². The van der Waals surface area contributed by atoms with Crippen molar-refractivity contribution in [3.8, 4) is 0 Å². The van der Waals surface area contributed by atoms with Crippen LogP contribution in [-0.2, 0) is 42.8 Å². The standard InChI is InChI=1S/C87H162N2O21/c1-4-6-8-10-12-14-16-18-20-22-24-26-28-30-31-32-33-34-35-37-39-41-43-45-47-49-51-53-55-57-59-61-74(97)89-68(69(94)60-58-56-54-52-50-48-46-44-42-40-38-36-29-27-25-23-21-19-17-15-13-11-9-7-5-2)66-105-84-79(101)78(100)81(73(65-92)107-84)108-85-80(102)83(77(99)72(64-91)106-85)110-87(86(103)104)62-70(95)75(88-67(3)93)82(109-87)76(98)71(96)63-90/h30-31,58,60,68-73,75-85,90-92,94-96,98-102H,4-29,32-57,59,61-66H2,1-3H3,(H,88,93)(H,89,97)(H,103,104)/b31-30-,60-58+. The zero-order valence-corrected chi connectivity index (χ0v) is 68.9. The minimum absolute atomic E-state index is 0.203. The van der Waals surface area contributed by atoms with Crippen LogP contribution in [0.2, 0.25) is 0 Å². The Balaban J connectivity index is 1.47. The second-order valence-corrected chi connectivity index (χ2v) is 32.5. The second kappa shape index (κ2) is 65.3. The first-order valence-electron chi connectivity index (χ1n) is 44.7. The van der Waals surface area contributed by atoms with Crippen molar-refractivity contribution in [1.82, 2.24) is 10.6 Å². The van der Waals surface area contributed by atoms with Crippen molar-refractivity contribution in [3.05, 3.63) is 24.3 Å². The van der Waals surface area contributed by atoms with E-state index in [1.54, 1.807) is 6.08 Å². The Bertz CT molecular complexity index is 2270. The first kappa shape index (κ1) is 101. The lowest BCUT2D eigenvalue weighted by Gasteiger charge is -2.50. The van der Waals surface area contributed by atoms with Crippen molar-refractivity contribution in [2.24, 2.45) is 0 Å². The molecule has 110 heavy (non-hydrogen) atoms. The number of hydrogen-bond donors (Lipinski definition) is 14. The van der Waals surface area contributed by atoms with Crippen LogP contribution in [0, 0.1) is 0 Å². The van der Waals surface area contributed by atoms with Crippen LogP contribution < -0.4 is 10.6 Å². The van der Waals surface area contributed by atoms with Gasteiger partial charge in [-0.15, -0.1) is 0 Å². The third-order valence-electron chi connectivity index (χ3n) is 22.6. The van der Waals surface area contributed by atoms with Gasteiger partial charge in [-0.25, -0.2) is 4.79 Å². The van der Waals surface area contributed by atoms with E-state index in [9.17, 15) is 75.7 Å². The number of rotatable bonds is 72. The summed E-state index contributed by atoms with van der Waals surface area (Å²) in [5, 5.41) is 137. The minimum Gasteiger partial charge on any atom is -0.477 e. The number of hydrogen-bond acceptors (Lipinski definition) is 20. The number of carbonyl (C=O) groups is 3. The highest BCUT2D eigenvalue weighted by Crippen LogP contribution is 2.39. The van der Waals surface area contributed by atoms with E-state index in [1.165, 1.54) is 283 Å². The van der Waals surface area contributed by atoms with Crippen LogP contribution in [0.15, 0.2) is 24.3 Å². The van der Waals surface area contributed by atoms with Gasteiger partial charge in [0.15, 0.2) is 12.6 Å². The summed E-state index contributed by atoms with van der Waals surface area (Å²) >= 11 is 0. The second-order valence-electron chi connectivity index (χ2n) is 32.5. The molecule has 18 atom stereocenters. The molecule has 3 fully saturated rings. The highest BCUT2D eigenvalue weighted by atomic mass is 16.8. The molecule has 0 aromatic carbocycles. The molecule has 0 bridgehead atoms. The fourth-order valence-corrected chi connectivity index (χ4v) is 15.6. The van der Waals surface area contributed by atoms with Gasteiger partial charge in [0.05, 0.1) is 50.7 Å². The normalized spacial score (nSPS) is 25.7. The fraction of sp³-hybridized carbons (Fsp3) is 0.920. The van der Waals surface area contributed by atoms with Gasteiger partial charge in [0.2, 0.25) is 11.8 Å². The molecule has 0 spiro atoms. The Labute approximate surface area is 664 Å². The molecule has 3 aliphatic heterocycles. The third-order valence-corrected chi connectivity index (χ3v) is 22.6. The summed E-state index contributed by atoms with van der Waals surface area (Å²) in [6.07, 6.45) is 46.5. The van der Waals surface area contributed by atoms with Crippen molar-refractivity contribution in [2.45, 2.75) is 484 Å². The number of carboxylic acids is 1. The molecular weight excluding hydrogens is 1410 g/mol. The Morgan fingerprint density at radius 1 is 0.473 bits per heavy atom. The Kier molecular flexibility index (Phi) is 60.2. The molecule has 3 saturated heterocycles. The lowest BCUT2D eigenvalue weighted by Crippen LogP contribution is -2.70. The smallest absolute Gasteiger partial charge is 0.364 e. The highest BCUT2D eigenvalue weighted by molar-refractivity contribution is 5.77.